The molecule has 0 aromatic heterocycles. The summed E-state index contributed by atoms with van der Waals surface area (Å²) in [5.41, 5.74) is 0.677. The van der Waals surface area contributed by atoms with Crippen molar-refractivity contribution in [2.45, 2.75) is 33.6 Å². The van der Waals surface area contributed by atoms with Crippen LogP contribution in [0.1, 0.15) is 44.0 Å². The molecular formula is C17H25NO3. The van der Waals surface area contributed by atoms with Gasteiger partial charge >= 0.3 is 0 Å². The summed E-state index contributed by atoms with van der Waals surface area (Å²) in [5, 5.41) is 0. The number of amides is 1. The van der Waals surface area contributed by atoms with Gasteiger partial charge in [-0.1, -0.05) is 6.92 Å². The first-order chi connectivity index (χ1) is 10.2. The summed E-state index contributed by atoms with van der Waals surface area (Å²) in [5.74, 6) is 2.01. The molecule has 0 unspecified atom stereocenters. The largest absolute Gasteiger partial charge is 0.490 e. The topological polar surface area (TPSA) is 38.8 Å². The van der Waals surface area contributed by atoms with Crippen LogP contribution in [0.15, 0.2) is 18.2 Å². The monoisotopic (exact) mass is 291 g/mol. The summed E-state index contributed by atoms with van der Waals surface area (Å²) < 4.78 is 11.1. The van der Waals surface area contributed by atoms with Crippen molar-refractivity contribution in [3.8, 4) is 11.5 Å². The summed E-state index contributed by atoms with van der Waals surface area (Å²) in [6, 6.07) is 5.46. The SMILES string of the molecule is CCOc1ccc(C(=O)N2CCC[C@H](C)C2)cc1OCC. The van der Waals surface area contributed by atoms with E-state index < -0.39 is 0 Å². The van der Waals surface area contributed by atoms with Crippen LogP contribution in [0, 0.1) is 5.92 Å². The van der Waals surface area contributed by atoms with Gasteiger partial charge in [0.05, 0.1) is 13.2 Å². The minimum Gasteiger partial charge on any atom is -0.490 e. The van der Waals surface area contributed by atoms with E-state index in [0.29, 0.717) is 36.2 Å². The highest BCUT2D eigenvalue weighted by atomic mass is 16.5. The highest BCUT2D eigenvalue weighted by Crippen LogP contribution is 2.29. The van der Waals surface area contributed by atoms with E-state index in [-0.39, 0.29) is 5.91 Å². The van der Waals surface area contributed by atoms with Crippen molar-refractivity contribution in [3.63, 3.8) is 0 Å². The van der Waals surface area contributed by atoms with E-state index in [0.717, 1.165) is 19.5 Å². The molecule has 4 nitrogen and oxygen atoms in total. The molecule has 1 aliphatic rings. The molecule has 116 valence electrons. The molecule has 1 aromatic carbocycles. The number of likely N-dealkylation sites (tertiary alicyclic amines) is 1. The molecule has 1 heterocycles. The summed E-state index contributed by atoms with van der Waals surface area (Å²) in [7, 11) is 0. The molecular weight excluding hydrogens is 266 g/mol. The molecule has 1 amide bonds. The first-order valence-corrected chi connectivity index (χ1v) is 7.84. The van der Waals surface area contributed by atoms with Crippen LogP contribution in [0.4, 0.5) is 0 Å². The lowest BCUT2D eigenvalue weighted by atomic mass is 9.99. The Hall–Kier alpha value is -1.71. The molecule has 0 radical (unpaired) electrons. The van der Waals surface area contributed by atoms with Crippen LogP contribution in [0.3, 0.4) is 0 Å². The van der Waals surface area contributed by atoms with Crippen LogP contribution in [-0.2, 0) is 0 Å². The summed E-state index contributed by atoms with van der Waals surface area (Å²) >= 11 is 0. The van der Waals surface area contributed by atoms with Gasteiger partial charge in [-0.15, -0.1) is 0 Å². The molecule has 0 N–H and O–H groups in total. The third kappa shape index (κ3) is 3.90. The van der Waals surface area contributed by atoms with Crippen LogP contribution >= 0.6 is 0 Å². The first-order valence-electron chi connectivity index (χ1n) is 7.84. The lowest BCUT2D eigenvalue weighted by molar-refractivity contribution is 0.0682. The molecule has 0 spiro atoms. The summed E-state index contributed by atoms with van der Waals surface area (Å²) in [6.07, 6.45) is 2.29. The Morgan fingerprint density at radius 2 is 1.95 bits per heavy atom. The van der Waals surface area contributed by atoms with Crippen molar-refractivity contribution in [2.24, 2.45) is 5.92 Å². The lowest BCUT2D eigenvalue weighted by Crippen LogP contribution is -2.39. The Balaban J connectivity index is 2.18. The van der Waals surface area contributed by atoms with Crippen molar-refractivity contribution in [1.82, 2.24) is 4.90 Å². The number of hydrogen-bond donors (Lipinski definition) is 0. The van der Waals surface area contributed by atoms with Gasteiger partial charge in [0.25, 0.3) is 5.91 Å². The first kappa shape index (κ1) is 15.7. The number of carbonyl (C=O) groups is 1. The van der Waals surface area contributed by atoms with Crippen LogP contribution in [0.25, 0.3) is 0 Å². The van der Waals surface area contributed by atoms with Gasteiger partial charge in [0.1, 0.15) is 0 Å². The van der Waals surface area contributed by atoms with Gasteiger partial charge < -0.3 is 14.4 Å². The second-order valence-corrected chi connectivity index (χ2v) is 5.53. The molecule has 1 aromatic rings. The maximum Gasteiger partial charge on any atom is 0.254 e. The molecule has 0 bridgehead atoms. The number of piperidine rings is 1. The van der Waals surface area contributed by atoms with Crippen LogP contribution in [0.2, 0.25) is 0 Å². The van der Waals surface area contributed by atoms with Gasteiger partial charge in [-0.05, 0) is 50.8 Å². The number of benzene rings is 1. The van der Waals surface area contributed by atoms with Gasteiger partial charge in [0.2, 0.25) is 0 Å². The molecule has 1 fully saturated rings. The van der Waals surface area contributed by atoms with Crippen molar-refractivity contribution in [2.75, 3.05) is 26.3 Å². The zero-order valence-corrected chi connectivity index (χ0v) is 13.2. The van der Waals surface area contributed by atoms with Gasteiger partial charge in [-0.2, -0.15) is 0 Å². The van der Waals surface area contributed by atoms with E-state index in [4.69, 9.17) is 9.47 Å². The second kappa shape index (κ2) is 7.34. The maximum absolute atomic E-state index is 12.6. The lowest BCUT2D eigenvalue weighted by Gasteiger charge is -2.31. The highest BCUT2D eigenvalue weighted by Gasteiger charge is 2.22. The van der Waals surface area contributed by atoms with Crippen LogP contribution in [0.5, 0.6) is 11.5 Å². The molecule has 0 aliphatic carbocycles. The zero-order valence-electron chi connectivity index (χ0n) is 13.2. The Morgan fingerprint density at radius 1 is 1.24 bits per heavy atom. The fraction of sp³-hybridized carbons (Fsp3) is 0.588. The van der Waals surface area contributed by atoms with E-state index in [1.807, 2.05) is 30.9 Å². The Bertz CT molecular complexity index is 487. The molecule has 1 saturated heterocycles. The molecule has 2 rings (SSSR count). The minimum absolute atomic E-state index is 0.0885. The maximum atomic E-state index is 12.6. The van der Waals surface area contributed by atoms with E-state index in [9.17, 15) is 4.79 Å². The number of carbonyl (C=O) groups excluding carboxylic acids is 1. The number of nitrogens with zero attached hydrogens (tertiary/aromatic N) is 1. The molecule has 0 saturated carbocycles. The normalized spacial score (nSPS) is 18.4. The average Bonchev–Trinajstić information content (AvgIpc) is 2.49. The van der Waals surface area contributed by atoms with Gasteiger partial charge in [-0.3, -0.25) is 4.79 Å². The summed E-state index contributed by atoms with van der Waals surface area (Å²) in [4.78, 5) is 14.5. The smallest absolute Gasteiger partial charge is 0.254 e. The minimum atomic E-state index is 0.0885. The van der Waals surface area contributed by atoms with E-state index >= 15 is 0 Å². The highest BCUT2D eigenvalue weighted by molar-refractivity contribution is 5.95. The third-order valence-electron chi connectivity index (χ3n) is 3.73. The van der Waals surface area contributed by atoms with Gasteiger partial charge in [-0.25, -0.2) is 0 Å². The van der Waals surface area contributed by atoms with Gasteiger partial charge in [0.15, 0.2) is 11.5 Å². The zero-order chi connectivity index (χ0) is 15.2. The molecule has 1 atom stereocenters. The number of hydrogen-bond acceptors (Lipinski definition) is 3. The number of ether oxygens (including phenoxy) is 2. The van der Waals surface area contributed by atoms with Crippen molar-refractivity contribution in [3.05, 3.63) is 23.8 Å². The predicted molar refractivity (Wildman–Crippen MR) is 83.1 cm³/mol. The quantitative estimate of drug-likeness (QED) is 0.835. The third-order valence-corrected chi connectivity index (χ3v) is 3.73. The number of rotatable bonds is 5. The van der Waals surface area contributed by atoms with E-state index in [1.165, 1.54) is 6.42 Å². The van der Waals surface area contributed by atoms with E-state index in [2.05, 4.69) is 6.92 Å². The van der Waals surface area contributed by atoms with Crippen molar-refractivity contribution < 1.29 is 14.3 Å². The van der Waals surface area contributed by atoms with Crippen LogP contribution in [-0.4, -0.2) is 37.1 Å². The molecule has 4 heteroatoms. The van der Waals surface area contributed by atoms with Crippen molar-refractivity contribution in [1.29, 1.82) is 0 Å². The van der Waals surface area contributed by atoms with Crippen molar-refractivity contribution >= 4 is 5.91 Å². The van der Waals surface area contributed by atoms with E-state index in [1.54, 1.807) is 6.07 Å². The second-order valence-electron chi connectivity index (χ2n) is 5.53. The fourth-order valence-electron chi connectivity index (χ4n) is 2.74. The van der Waals surface area contributed by atoms with Crippen LogP contribution < -0.4 is 9.47 Å². The predicted octanol–water partition coefficient (Wildman–Crippen LogP) is 3.36. The Labute approximate surface area is 127 Å². The Morgan fingerprint density at radius 3 is 2.62 bits per heavy atom. The average molecular weight is 291 g/mol. The Kier molecular flexibility index (Phi) is 5.48. The summed E-state index contributed by atoms with van der Waals surface area (Å²) in [6.45, 7) is 8.88. The standard InChI is InChI=1S/C17H25NO3/c1-4-20-15-9-8-14(11-16(15)21-5-2)17(19)18-10-6-7-13(3)12-18/h8-9,11,13H,4-7,10,12H2,1-3H3/t13-/m0/s1. The molecule has 1 aliphatic heterocycles. The fourth-order valence-corrected chi connectivity index (χ4v) is 2.74. The molecule has 21 heavy (non-hydrogen) atoms. The van der Waals surface area contributed by atoms with Gasteiger partial charge in [0, 0.05) is 18.7 Å².